The van der Waals surface area contributed by atoms with Crippen LogP contribution < -0.4 is 10.6 Å². The van der Waals surface area contributed by atoms with Crippen LogP contribution in [0.15, 0.2) is 53.4 Å². The fourth-order valence-electron chi connectivity index (χ4n) is 1.63. The van der Waals surface area contributed by atoms with Gasteiger partial charge in [-0.3, -0.25) is 9.59 Å². The van der Waals surface area contributed by atoms with Gasteiger partial charge in [0.2, 0.25) is 0 Å². The average Bonchev–Trinajstić information content (AvgIpc) is 2.49. The van der Waals surface area contributed by atoms with E-state index in [9.17, 15) is 9.59 Å². The number of carbonyl (C=O) groups excluding carboxylic acids is 2. The fraction of sp³-hybridized carbons (Fsp3) is 0.0667. The number of hydrogen-bond acceptors (Lipinski definition) is 3. The van der Waals surface area contributed by atoms with Crippen molar-refractivity contribution in [1.82, 2.24) is 0 Å². The van der Waals surface area contributed by atoms with E-state index in [1.54, 1.807) is 48.2 Å². The quantitative estimate of drug-likeness (QED) is 0.670. The summed E-state index contributed by atoms with van der Waals surface area (Å²) < 4.78 is 0. The van der Waals surface area contributed by atoms with Gasteiger partial charge in [-0.05, 0) is 36.6 Å². The lowest BCUT2D eigenvalue weighted by atomic mass is 10.3. The van der Waals surface area contributed by atoms with Crippen molar-refractivity contribution in [2.24, 2.45) is 0 Å². The van der Waals surface area contributed by atoms with Crippen molar-refractivity contribution in [2.45, 2.75) is 4.90 Å². The summed E-state index contributed by atoms with van der Waals surface area (Å²) in [6.07, 6.45) is 1.94. The van der Waals surface area contributed by atoms with Gasteiger partial charge in [-0.15, -0.1) is 11.8 Å². The van der Waals surface area contributed by atoms with E-state index in [0.29, 0.717) is 16.4 Å². The Morgan fingerprint density at radius 3 is 2.43 bits per heavy atom. The number of anilines is 2. The summed E-state index contributed by atoms with van der Waals surface area (Å²) in [6, 6.07) is 14.0. The Labute approximate surface area is 131 Å². The number of nitrogens with one attached hydrogen (secondary N) is 2. The number of para-hydroxylation sites is 1. The third kappa shape index (κ3) is 4.24. The first-order valence-electron chi connectivity index (χ1n) is 6.11. The summed E-state index contributed by atoms with van der Waals surface area (Å²) >= 11 is 7.48. The highest BCUT2D eigenvalue weighted by Crippen LogP contribution is 2.21. The number of hydrogen-bond donors (Lipinski definition) is 2. The van der Waals surface area contributed by atoms with E-state index >= 15 is 0 Å². The van der Waals surface area contributed by atoms with Crippen LogP contribution in [0.4, 0.5) is 11.4 Å². The molecule has 21 heavy (non-hydrogen) atoms. The van der Waals surface area contributed by atoms with Gasteiger partial charge in [-0.2, -0.15) is 0 Å². The molecule has 2 N–H and O–H groups in total. The number of amides is 2. The van der Waals surface area contributed by atoms with Gasteiger partial charge in [0.1, 0.15) is 0 Å². The van der Waals surface area contributed by atoms with E-state index in [-0.39, 0.29) is 0 Å². The van der Waals surface area contributed by atoms with Crippen molar-refractivity contribution in [3.8, 4) is 0 Å². The van der Waals surface area contributed by atoms with Gasteiger partial charge >= 0.3 is 11.8 Å². The van der Waals surface area contributed by atoms with Gasteiger partial charge in [0.25, 0.3) is 0 Å². The van der Waals surface area contributed by atoms with Crippen molar-refractivity contribution >= 4 is 46.6 Å². The second-order valence-electron chi connectivity index (χ2n) is 4.12. The van der Waals surface area contributed by atoms with E-state index in [0.717, 1.165) is 4.90 Å². The predicted octanol–water partition coefficient (Wildman–Crippen LogP) is 3.64. The minimum atomic E-state index is -0.766. The van der Waals surface area contributed by atoms with Crippen molar-refractivity contribution in [1.29, 1.82) is 0 Å². The normalized spacial score (nSPS) is 10.0. The van der Waals surface area contributed by atoms with Crippen LogP contribution in [0.5, 0.6) is 0 Å². The SMILES string of the molecule is CSc1cccc(NC(=O)C(=O)Nc2ccccc2Cl)c1. The average molecular weight is 321 g/mol. The summed E-state index contributed by atoms with van der Waals surface area (Å²) in [5.41, 5.74) is 0.971. The molecule has 0 atom stereocenters. The van der Waals surface area contributed by atoms with Crippen LogP contribution in [-0.2, 0) is 9.59 Å². The molecule has 0 heterocycles. The molecule has 0 fully saturated rings. The van der Waals surface area contributed by atoms with Crippen LogP contribution in [-0.4, -0.2) is 18.1 Å². The third-order valence-electron chi connectivity index (χ3n) is 2.66. The van der Waals surface area contributed by atoms with Crippen LogP contribution >= 0.6 is 23.4 Å². The molecule has 2 amide bonds. The lowest BCUT2D eigenvalue weighted by Crippen LogP contribution is -2.29. The molecule has 0 aliphatic heterocycles. The maximum Gasteiger partial charge on any atom is 0.314 e. The summed E-state index contributed by atoms with van der Waals surface area (Å²) in [5, 5.41) is 5.40. The Balaban J connectivity index is 2.03. The first kappa shape index (κ1) is 15.4. The van der Waals surface area contributed by atoms with Gasteiger partial charge in [0.05, 0.1) is 10.7 Å². The van der Waals surface area contributed by atoms with E-state index < -0.39 is 11.8 Å². The lowest BCUT2D eigenvalue weighted by Gasteiger charge is -2.08. The minimum absolute atomic E-state index is 0.378. The van der Waals surface area contributed by atoms with Crippen LogP contribution in [0.1, 0.15) is 0 Å². The highest BCUT2D eigenvalue weighted by molar-refractivity contribution is 7.98. The lowest BCUT2D eigenvalue weighted by molar-refractivity contribution is -0.132. The van der Waals surface area contributed by atoms with Crippen LogP contribution in [0.3, 0.4) is 0 Å². The predicted molar refractivity (Wildman–Crippen MR) is 86.9 cm³/mol. The van der Waals surface area contributed by atoms with Gasteiger partial charge in [-0.1, -0.05) is 29.8 Å². The second kappa shape index (κ2) is 7.15. The van der Waals surface area contributed by atoms with Gasteiger partial charge in [-0.25, -0.2) is 0 Å². The van der Waals surface area contributed by atoms with E-state index in [1.165, 1.54) is 0 Å². The molecular weight excluding hydrogens is 308 g/mol. The smallest absolute Gasteiger partial charge is 0.314 e. The summed E-state index contributed by atoms with van der Waals surface area (Å²) in [6.45, 7) is 0. The van der Waals surface area contributed by atoms with Crippen LogP contribution in [0.25, 0.3) is 0 Å². The molecule has 108 valence electrons. The number of rotatable bonds is 3. The van der Waals surface area contributed by atoms with Crippen LogP contribution in [0.2, 0.25) is 5.02 Å². The van der Waals surface area contributed by atoms with Crippen molar-refractivity contribution in [3.05, 3.63) is 53.6 Å². The molecule has 2 aromatic rings. The first-order chi connectivity index (χ1) is 10.1. The molecule has 2 rings (SSSR count). The Bertz CT molecular complexity index is 676. The molecule has 0 aliphatic rings. The Morgan fingerprint density at radius 2 is 1.71 bits per heavy atom. The Kier molecular flexibility index (Phi) is 5.25. The van der Waals surface area contributed by atoms with E-state index in [2.05, 4.69) is 10.6 Å². The molecule has 0 aliphatic carbocycles. The van der Waals surface area contributed by atoms with E-state index in [4.69, 9.17) is 11.6 Å². The zero-order valence-corrected chi connectivity index (χ0v) is 12.8. The Morgan fingerprint density at radius 1 is 1.00 bits per heavy atom. The van der Waals surface area contributed by atoms with Gasteiger partial charge < -0.3 is 10.6 Å². The zero-order chi connectivity index (χ0) is 15.2. The fourth-order valence-corrected chi connectivity index (χ4v) is 2.27. The van der Waals surface area contributed by atoms with Crippen LogP contribution in [0, 0.1) is 0 Å². The Hall–Kier alpha value is -1.98. The molecule has 0 spiro atoms. The molecule has 0 aromatic heterocycles. The summed E-state index contributed by atoms with van der Waals surface area (Å²) in [7, 11) is 0. The highest BCUT2D eigenvalue weighted by Gasteiger charge is 2.15. The standard InChI is InChI=1S/C15H13ClN2O2S/c1-21-11-6-4-5-10(9-11)17-14(19)15(20)18-13-8-3-2-7-12(13)16/h2-9H,1H3,(H,17,19)(H,18,20). The van der Waals surface area contributed by atoms with Crippen molar-refractivity contribution in [3.63, 3.8) is 0 Å². The minimum Gasteiger partial charge on any atom is -0.318 e. The summed E-state index contributed by atoms with van der Waals surface area (Å²) in [4.78, 5) is 24.7. The molecule has 0 radical (unpaired) electrons. The maximum absolute atomic E-state index is 11.9. The number of benzene rings is 2. The molecule has 0 saturated heterocycles. The van der Waals surface area contributed by atoms with Crippen molar-refractivity contribution in [2.75, 3.05) is 16.9 Å². The largest absolute Gasteiger partial charge is 0.318 e. The molecule has 4 nitrogen and oxygen atoms in total. The van der Waals surface area contributed by atoms with Crippen molar-refractivity contribution < 1.29 is 9.59 Å². The molecule has 6 heteroatoms. The van der Waals surface area contributed by atoms with Gasteiger partial charge in [0, 0.05) is 10.6 Å². The third-order valence-corrected chi connectivity index (χ3v) is 3.71. The topological polar surface area (TPSA) is 58.2 Å². The number of carbonyl (C=O) groups is 2. The first-order valence-corrected chi connectivity index (χ1v) is 7.71. The zero-order valence-electron chi connectivity index (χ0n) is 11.2. The second-order valence-corrected chi connectivity index (χ2v) is 5.41. The van der Waals surface area contributed by atoms with E-state index in [1.807, 2.05) is 18.4 Å². The highest BCUT2D eigenvalue weighted by atomic mass is 35.5. The monoisotopic (exact) mass is 320 g/mol. The number of thioether (sulfide) groups is 1. The molecule has 0 unspecified atom stereocenters. The maximum atomic E-state index is 11.9. The number of halogens is 1. The molecule has 0 bridgehead atoms. The van der Waals surface area contributed by atoms with Gasteiger partial charge in [0.15, 0.2) is 0 Å². The molecule has 2 aromatic carbocycles. The summed E-state index contributed by atoms with van der Waals surface area (Å²) in [5.74, 6) is -1.51. The molecular formula is C15H13ClN2O2S. The molecule has 0 saturated carbocycles.